The van der Waals surface area contributed by atoms with Crippen LogP contribution in [0.1, 0.15) is 4.88 Å². The van der Waals surface area contributed by atoms with E-state index in [1.54, 1.807) is 6.07 Å². The molecule has 0 fully saturated rings. The van der Waals surface area contributed by atoms with Crippen LogP contribution in [0.5, 0.6) is 0 Å². The van der Waals surface area contributed by atoms with Crippen LogP contribution in [-0.2, 0) is 6.54 Å². The van der Waals surface area contributed by atoms with Crippen LogP contribution in [-0.4, -0.2) is 45.6 Å². The normalized spacial score (nSPS) is 11.7. The van der Waals surface area contributed by atoms with Crippen LogP contribution in [0.25, 0.3) is 0 Å². The molecule has 0 bridgehead atoms. The molecule has 8 heteroatoms. The van der Waals surface area contributed by atoms with Crippen LogP contribution in [0, 0.1) is 10.1 Å². The highest BCUT2D eigenvalue weighted by Crippen LogP contribution is 2.24. The van der Waals surface area contributed by atoms with E-state index in [9.17, 15) is 10.1 Å². The van der Waals surface area contributed by atoms with Crippen molar-refractivity contribution in [2.45, 2.75) is 12.1 Å². The SMILES string of the molecule is O=[N+]([O-])c1ccc(CNC(CO)(CO)CO)s1. The van der Waals surface area contributed by atoms with E-state index in [-0.39, 0.29) is 11.5 Å². The molecule has 0 saturated carbocycles. The van der Waals surface area contributed by atoms with Gasteiger partial charge in [-0.25, -0.2) is 0 Å². The molecule has 0 aromatic carbocycles. The molecule has 0 spiro atoms. The first-order valence-corrected chi connectivity index (χ1v) is 5.69. The van der Waals surface area contributed by atoms with Crippen molar-refractivity contribution in [2.24, 2.45) is 0 Å². The molecule has 17 heavy (non-hydrogen) atoms. The van der Waals surface area contributed by atoms with Crippen molar-refractivity contribution in [2.75, 3.05) is 19.8 Å². The van der Waals surface area contributed by atoms with Gasteiger partial charge in [-0.2, -0.15) is 0 Å². The molecule has 1 heterocycles. The summed E-state index contributed by atoms with van der Waals surface area (Å²) in [5.41, 5.74) is -1.17. The minimum Gasteiger partial charge on any atom is -0.394 e. The van der Waals surface area contributed by atoms with E-state index in [4.69, 9.17) is 15.3 Å². The first-order valence-electron chi connectivity index (χ1n) is 4.87. The Hall–Kier alpha value is -1.06. The maximum Gasteiger partial charge on any atom is 0.324 e. The molecular weight excluding hydrogens is 248 g/mol. The third-order valence-corrected chi connectivity index (χ3v) is 3.41. The summed E-state index contributed by atoms with van der Waals surface area (Å²) in [5, 5.41) is 40.5. The van der Waals surface area contributed by atoms with Gasteiger partial charge in [0.05, 0.1) is 30.3 Å². The lowest BCUT2D eigenvalue weighted by molar-refractivity contribution is -0.380. The van der Waals surface area contributed by atoms with E-state index >= 15 is 0 Å². The molecule has 0 unspecified atom stereocenters. The molecule has 1 aromatic heterocycles. The zero-order valence-corrected chi connectivity index (χ0v) is 9.81. The van der Waals surface area contributed by atoms with E-state index in [1.807, 2.05) is 0 Å². The summed E-state index contributed by atoms with van der Waals surface area (Å²) in [6.45, 7) is -1.03. The van der Waals surface area contributed by atoms with Gasteiger partial charge in [0.1, 0.15) is 0 Å². The van der Waals surface area contributed by atoms with Crippen molar-refractivity contribution >= 4 is 16.3 Å². The van der Waals surface area contributed by atoms with Gasteiger partial charge in [0, 0.05) is 17.5 Å². The molecule has 1 rings (SSSR count). The highest BCUT2D eigenvalue weighted by atomic mass is 32.1. The summed E-state index contributed by atoms with van der Waals surface area (Å²) in [6.07, 6.45) is 0. The number of rotatable bonds is 7. The fourth-order valence-electron chi connectivity index (χ4n) is 1.15. The van der Waals surface area contributed by atoms with Crippen molar-refractivity contribution < 1.29 is 20.2 Å². The van der Waals surface area contributed by atoms with Crippen molar-refractivity contribution in [3.63, 3.8) is 0 Å². The van der Waals surface area contributed by atoms with Gasteiger partial charge < -0.3 is 20.6 Å². The average Bonchev–Trinajstić information content (AvgIpc) is 2.81. The number of aliphatic hydroxyl groups is 3. The third kappa shape index (κ3) is 3.45. The Kier molecular flexibility index (Phi) is 4.97. The summed E-state index contributed by atoms with van der Waals surface area (Å²) in [6, 6.07) is 2.98. The second kappa shape index (κ2) is 6.03. The topological polar surface area (TPSA) is 116 Å². The Morgan fingerprint density at radius 2 is 1.88 bits per heavy atom. The number of nitrogens with zero attached hydrogens (tertiary/aromatic N) is 1. The Bertz CT molecular complexity index is 369. The first kappa shape index (κ1) is 14.0. The smallest absolute Gasteiger partial charge is 0.324 e. The van der Waals surface area contributed by atoms with Crippen molar-refractivity contribution in [3.8, 4) is 0 Å². The van der Waals surface area contributed by atoms with Gasteiger partial charge in [-0.05, 0) is 6.07 Å². The van der Waals surface area contributed by atoms with Gasteiger partial charge in [-0.3, -0.25) is 10.1 Å². The Labute approximate surface area is 101 Å². The molecule has 0 atom stereocenters. The van der Waals surface area contributed by atoms with E-state index in [1.165, 1.54) is 6.07 Å². The lowest BCUT2D eigenvalue weighted by atomic mass is 10.0. The second-order valence-corrected chi connectivity index (χ2v) is 4.75. The Balaban J connectivity index is 2.62. The standard InChI is InChI=1S/C9H14N2O5S/c12-4-9(5-13,6-14)10-3-7-1-2-8(17-7)11(15)16/h1-2,10,12-14H,3-6H2. The fourth-order valence-corrected chi connectivity index (χ4v) is 1.91. The summed E-state index contributed by atoms with van der Waals surface area (Å²) >= 11 is 1.01. The zero-order chi connectivity index (χ0) is 12.9. The molecule has 0 saturated heterocycles. The molecule has 0 aliphatic carbocycles. The highest BCUT2D eigenvalue weighted by Gasteiger charge is 2.27. The number of hydrogen-bond donors (Lipinski definition) is 4. The fraction of sp³-hybridized carbons (Fsp3) is 0.556. The monoisotopic (exact) mass is 262 g/mol. The van der Waals surface area contributed by atoms with Crippen molar-refractivity contribution in [3.05, 3.63) is 27.1 Å². The van der Waals surface area contributed by atoms with E-state index in [0.717, 1.165) is 11.3 Å². The molecule has 1 aromatic rings. The van der Waals surface area contributed by atoms with Gasteiger partial charge in [0.2, 0.25) is 0 Å². The minimum atomic E-state index is -1.17. The summed E-state index contributed by atoms with van der Waals surface area (Å²) in [5.74, 6) is 0. The van der Waals surface area contributed by atoms with Gasteiger partial charge in [0.15, 0.2) is 0 Å². The molecule has 0 aliphatic heterocycles. The van der Waals surface area contributed by atoms with Gasteiger partial charge in [-0.15, -0.1) is 0 Å². The van der Waals surface area contributed by atoms with Crippen molar-refractivity contribution in [1.29, 1.82) is 0 Å². The highest BCUT2D eigenvalue weighted by molar-refractivity contribution is 7.15. The number of aliphatic hydroxyl groups excluding tert-OH is 3. The maximum absolute atomic E-state index is 10.5. The molecule has 0 radical (unpaired) electrons. The average molecular weight is 262 g/mol. The Morgan fingerprint density at radius 1 is 1.29 bits per heavy atom. The van der Waals surface area contributed by atoms with Crippen LogP contribution >= 0.6 is 11.3 Å². The van der Waals surface area contributed by atoms with Crippen LogP contribution in [0.3, 0.4) is 0 Å². The van der Waals surface area contributed by atoms with Gasteiger partial charge >= 0.3 is 5.00 Å². The lowest BCUT2D eigenvalue weighted by Crippen LogP contribution is -2.54. The van der Waals surface area contributed by atoms with Crippen molar-refractivity contribution in [1.82, 2.24) is 5.32 Å². The minimum absolute atomic E-state index is 0.0318. The van der Waals surface area contributed by atoms with Crippen LogP contribution in [0.15, 0.2) is 12.1 Å². The molecule has 0 aliphatic rings. The quantitative estimate of drug-likeness (QED) is 0.387. The molecule has 7 nitrogen and oxygen atoms in total. The maximum atomic E-state index is 10.5. The number of thiophene rings is 1. The molecule has 4 N–H and O–H groups in total. The summed E-state index contributed by atoms with van der Waals surface area (Å²) in [7, 11) is 0. The number of hydrogen-bond acceptors (Lipinski definition) is 7. The van der Waals surface area contributed by atoms with Gasteiger partial charge in [0.25, 0.3) is 0 Å². The lowest BCUT2D eigenvalue weighted by Gasteiger charge is -2.28. The van der Waals surface area contributed by atoms with Crippen LogP contribution < -0.4 is 5.32 Å². The van der Waals surface area contributed by atoms with Gasteiger partial charge in [-0.1, -0.05) is 11.3 Å². The Morgan fingerprint density at radius 3 is 2.29 bits per heavy atom. The summed E-state index contributed by atoms with van der Waals surface area (Å²) < 4.78 is 0. The number of nitrogens with one attached hydrogen (secondary N) is 1. The van der Waals surface area contributed by atoms with Crippen LogP contribution in [0.2, 0.25) is 0 Å². The number of nitro groups is 1. The van der Waals surface area contributed by atoms with E-state index in [0.29, 0.717) is 4.88 Å². The second-order valence-electron chi connectivity index (χ2n) is 3.61. The first-order chi connectivity index (χ1) is 8.06. The van der Waals surface area contributed by atoms with E-state index < -0.39 is 30.3 Å². The largest absolute Gasteiger partial charge is 0.394 e. The molecule has 96 valence electrons. The third-order valence-electron chi connectivity index (χ3n) is 2.37. The zero-order valence-electron chi connectivity index (χ0n) is 9.00. The molecular formula is C9H14N2O5S. The van der Waals surface area contributed by atoms with Crippen LogP contribution in [0.4, 0.5) is 5.00 Å². The van der Waals surface area contributed by atoms with E-state index in [2.05, 4.69) is 5.32 Å². The molecule has 0 amide bonds. The predicted octanol–water partition coefficient (Wildman–Crippen LogP) is -0.538. The predicted molar refractivity (Wildman–Crippen MR) is 61.8 cm³/mol. The summed E-state index contributed by atoms with van der Waals surface area (Å²) in [4.78, 5) is 10.7.